The van der Waals surface area contributed by atoms with Gasteiger partial charge in [-0.15, -0.1) is 19.0 Å². The number of esters is 2. The minimum atomic E-state index is -2.24. The normalized spacial score (nSPS) is 42.6. The van der Waals surface area contributed by atoms with Crippen molar-refractivity contribution in [1.82, 2.24) is 4.90 Å². The number of nitrogens with zero attached hydrogens (tertiary/aromatic N) is 1. The Morgan fingerprint density at radius 3 is 2.30 bits per heavy atom. The highest BCUT2D eigenvalue weighted by Gasteiger charge is 2.82. The van der Waals surface area contributed by atoms with Gasteiger partial charge in [0.25, 0.3) is 0 Å². The maximum Gasteiger partial charge on any atom is 0.307 e. The fraction of sp³-hybridized carbons (Fsp3) is 0.815. The van der Waals surface area contributed by atoms with Gasteiger partial charge in [-0.05, 0) is 46.2 Å². The molecule has 2 N–H and O–H groups in total. The highest BCUT2D eigenvalue weighted by Crippen LogP contribution is 2.67. The Morgan fingerprint density at radius 2 is 1.78 bits per heavy atom. The Balaban J connectivity index is 0.00000481. The average molecular weight is 546 g/mol. The van der Waals surface area contributed by atoms with E-state index >= 15 is 0 Å². The monoisotopic (exact) mass is 545 g/mol. The van der Waals surface area contributed by atoms with E-state index in [1.807, 2.05) is 32.8 Å². The van der Waals surface area contributed by atoms with Crippen LogP contribution in [0.1, 0.15) is 67.2 Å². The van der Waals surface area contributed by atoms with Gasteiger partial charge in [0.15, 0.2) is 17.5 Å². The van der Waals surface area contributed by atoms with Gasteiger partial charge in [0.2, 0.25) is 0 Å². The van der Waals surface area contributed by atoms with Crippen molar-refractivity contribution in [2.45, 2.75) is 102 Å². The summed E-state index contributed by atoms with van der Waals surface area (Å²) < 4.78 is 18.4. The molecule has 3 rings (SSSR count). The zero-order valence-electron chi connectivity index (χ0n) is 23.3. The van der Waals surface area contributed by atoms with Gasteiger partial charge in [-0.1, -0.05) is 26.8 Å². The first kappa shape index (κ1) is 31.7. The number of ketones is 1. The number of aliphatic hydroxyl groups is 2. The van der Waals surface area contributed by atoms with Crippen LogP contribution in [0.25, 0.3) is 0 Å². The molecule has 1 unspecified atom stereocenters. The molecule has 0 amide bonds. The largest absolute Gasteiger partial charge is 0.458 e. The zero-order valence-corrected chi connectivity index (χ0v) is 24.1. The molecule has 1 saturated heterocycles. The number of hydrogen-bond donors (Lipinski definition) is 2. The lowest BCUT2D eigenvalue weighted by atomic mass is 9.39. The van der Waals surface area contributed by atoms with Crippen LogP contribution in [0, 0.1) is 16.7 Å². The molecule has 0 aromatic heterocycles. The maximum absolute atomic E-state index is 13.9. The molecule has 37 heavy (non-hydrogen) atoms. The Bertz CT molecular complexity index is 939. The van der Waals surface area contributed by atoms with Gasteiger partial charge in [-0.25, -0.2) is 0 Å². The smallest absolute Gasteiger partial charge is 0.307 e. The summed E-state index contributed by atoms with van der Waals surface area (Å²) in [7, 11) is 3.68. The van der Waals surface area contributed by atoms with E-state index in [0.717, 1.165) is 0 Å². The van der Waals surface area contributed by atoms with Crippen molar-refractivity contribution in [3.05, 3.63) is 12.7 Å². The lowest BCUT2D eigenvalue weighted by Gasteiger charge is -2.71. The topological polar surface area (TPSA) is 123 Å². The second-order valence-electron chi connectivity index (χ2n) is 12.4. The van der Waals surface area contributed by atoms with E-state index in [1.165, 1.54) is 19.9 Å². The Hall–Kier alpha value is -1.52. The SMILES string of the molecule is C=C[C@@]1(C)CC(=O)[C@]2(O)[C@@]3(C)[C@@H](O)CCC(C)(C)[C@@H]3[C@H](OC(=O)CCN(C)C)C(OC(C)=O)[C@@]2(C)O1.Cl. The lowest BCUT2D eigenvalue weighted by Crippen LogP contribution is -2.87. The Kier molecular flexibility index (Phi) is 8.76. The maximum atomic E-state index is 13.9. The summed E-state index contributed by atoms with van der Waals surface area (Å²) in [6.45, 7) is 14.2. The second kappa shape index (κ2) is 10.2. The van der Waals surface area contributed by atoms with E-state index < -0.39 is 69.6 Å². The molecule has 0 bridgehead atoms. The molecule has 0 aromatic rings. The Morgan fingerprint density at radius 1 is 1.19 bits per heavy atom. The number of fused-ring (bicyclic) bond motifs is 3. The van der Waals surface area contributed by atoms with Gasteiger partial charge in [0.1, 0.15) is 11.7 Å². The molecule has 0 spiro atoms. The highest BCUT2D eigenvalue weighted by molar-refractivity contribution is 5.92. The molecule has 3 aliphatic rings. The van der Waals surface area contributed by atoms with Crippen LogP contribution in [0.15, 0.2) is 12.7 Å². The predicted octanol–water partition coefficient (Wildman–Crippen LogP) is 2.44. The zero-order chi connectivity index (χ0) is 27.5. The molecule has 212 valence electrons. The second-order valence-corrected chi connectivity index (χ2v) is 12.4. The molecule has 1 heterocycles. The minimum absolute atomic E-state index is 0. The van der Waals surface area contributed by atoms with Crippen LogP contribution in [0.4, 0.5) is 0 Å². The predicted molar refractivity (Wildman–Crippen MR) is 139 cm³/mol. The van der Waals surface area contributed by atoms with Gasteiger partial charge in [0, 0.05) is 31.2 Å². The van der Waals surface area contributed by atoms with Crippen molar-refractivity contribution >= 4 is 30.1 Å². The summed E-state index contributed by atoms with van der Waals surface area (Å²) in [5.74, 6) is -2.43. The fourth-order valence-electron chi connectivity index (χ4n) is 7.27. The van der Waals surface area contributed by atoms with Crippen molar-refractivity contribution in [2.24, 2.45) is 16.7 Å². The quantitative estimate of drug-likeness (QED) is 0.382. The molecule has 8 atom stereocenters. The van der Waals surface area contributed by atoms with Crippen LogP contribution >= 0.6 is 12.4 Å². The molecule has 1 aliphatic heterocycles. The van der Waals surface area contributed by atoms with Crippen LogP contribution in [0.5, 0.6) is 0 Å². The molecular formula is C27H44ClNO8. The van der Waals surface area contributed by atoms with E-state index in [9.17, 15) is 24.6 Å². The number of carbonyl (C=O) groups excluding carboxylic acids is 3. The van der Waals surface area contributed by atoms with Crippen LogP contribution < -0.4 is 0 Å². The fourth-order valence-corrected chi connectivity index (χ4v) is 7.27. The molecule has 2 saturated carbocycles. The summed E-state index contributed by atoms with van der Waals surface area (Å²) >= 11 is 0. The highest BCUT2D eigenvalue weighted by atomic mass is 35.5. The standard InChI is InChI=1S/C27H43NO8.ClH/c1-10-24(5)15-18(31)27(33)25(6)17(30)11-13-23(3,4)21(25)20(35-19(32)12-14-28(8)9)22(34-16(2)29)26(27,7)36-24;/h10,17,20-22,30,33H,1,11-15H2,2-9H3;1H/t17-,20-,21-,22?,24-,25-,26+,27-;/m0./s1. The van der Waals surface area contributed by atoms with E-state index in [4.69, 9.17) is 14.2 Å². The third kappa shape index (κ3) is 4.75. The van der Waals surface area contributed by atoms with Gasteiger partial charge >= 0.3 is 11.9 Å². The lowest BCUT2D eigenvalue weighted by molar-refractivity contribution is -0.371. The van der Waals surface area contributed by atoms with E-state index in [0.29, 0.717) is 19.4 Å². The molecule has 2 aliphatic carbocycles. The van der Waals surface area contributed by atoms with Crippen molar-refractivity contribution in [2.75, 3.05) is 20.6 Å². The van der Waals surface area contributed by atoms with Gasteiger partial charge in [-0.2, -0.15) is 0 Å². The summed E-state index contributed by atoms with van der Waals surface area (Å²) in [5.41, 5.74) is -7.31. The first-order valence-electron chi connectivity index (χ1n) is 12.7. The molecular weight excluding hydrogens is 502 g/mol. The van der Waals surface area contributed by atoms with Crippen molar-refractivity contribution in [3.63, 3.8) is 0 Å². The number of carbonyl (C=O) groups is 3. The third-order valence-electron chi connectivity index (χ3n) is 9.03. The number of hydrogen-bond acceptors (Lipinski definition) is 9. The van der Waals surface area contributed by atoms with Crippen molar-refractivity contribution < 1.29 is 38.8 Å². The minimum Gasteiger partial charge on any atom is -0.458 e. The number of ether oxygens (including phenoxy) is 3. The van der Waals surface area contributed by atoms with Gasteiger partial charge in [0.05, 0.1) is 18.1 Å². The van der Waals surface area contributed by atoms with Crippen LogP contribution in [0.2, 0.25) is 0 Å². The molecule has 9 nitrogen and oxygen atoms in total. The molecule has 10 heteroatoms. The summed E-state index contributed by atoms with van der Waals surface area (Å²) in [6, 6.07) is 0. The summed E-state index contributed by atoms with van der Waals surface area (Å²) in [6.07, 6.45) is -1.19. The Labute approximate surface area is 226 Å². The summed E-state index contributed by atoms with van der Waals surface area (Å²) in [5, 5.41) is 24.0. The van der Waals surface area contributed by atoms with Crippen LogP contribution in [-0.2, 0) is 28.6 Å². The van der Waals surface area contributed by atoms with Crippen molar-refractivity contribution in [3.8, 4) is 0 Å². The van der Waals surface area contributed by atoms with E-state index in [2.05, 4.69) is 6.58 Å². The number of rotatable bonds is 6. The number of halogens is 1. The first-order valence-corrected chi connectivity index (χ1v) is 12.7. The van der Waals surface area contributed by atoms with Gasteiger partial charge < -0.3 is 29.3 Å². The number of aliphatic hydroxyl groups excluding tert-OH is 1. The molecule has 0 aromatic carbocycles. The summed E-state index contributed by atoms with van der Waals surface area (Å²) in [4.78, 5) is 41.3. The molecule has 0 radical (unpaired) electrons. The molecule has 3 fully saturated rings. The third-order valence-corrected chi connectivity index (χ3v) is 9.03. The van der Waals surface area contributed by atoms with Crippen LogP contribution in [-0.4, -0.2) is 88.6 Å². The van der Waals surface area contributed by atoms with E-state index in [1.54, 1.807) is 13.8 Å². The van der Waals surface area contributed by atoms with Gasteiger partial charge in [-0.3, -0.25) is 14.4 Å². The first-order chi connectivity index (χ1) is 16.4. The van der Waals surface area contributed by atoms with Crippen LogP contribution in [0.3, 0.4) is 0 Å². The van der Waals surface area contributed by atoms with Crippen molar-refractivity contribution in [1.29, 1.82) is 0 Å². The number of Topliss-reactive ketones (excluding diaryl/α,β-unsaturated/α-hetero) is 1. The van der Waals surface area contributed by atoms with E-state index in [-0.39, 0.29) is 25.2 Å². The average Bonchev–Trinajstić information content (AvgIpc) is 2.75.